The third-order valence-electron chi connectivity index (χ3n) is 19.1. The molecule has 0 bridgehead atoms. The van der Waals surface area contributed by atoms with Gasteiger partial charge in [0, 0.05) is 25.7 Å². The van der Waals surface area contributed by atoms with Crippen LogP contribution < -0.4 is 0 Å². The van der Waals surface area contributed by atoms with Crippen LogP contribution in [0.5, 0.6) is 0 Å². The number of carbonyl (C=O) groups excluding carboxylic acids is 4. The molecule has 0 amide bonds. The number of phosphoric ester groups is 2. The molecule has 5 atom stereocenters. The van der Waals surface area contributed by atoms with Crippen molar-refractivity contribution in [2.75, 3.05) is 39.6 Å². The number of unbranched alkanes of at least 4 members (excludes halogenated alkanes) is 45. The molecule has 0 aromatic heterocycles. The first-order valence-corrected chi connectivity index (χ1v) is 45.2. The molecule has 0 aliphatic rings. The second-order valence-electron chi connectivity index (χ2n) is 31.4. The number of rotatable bonds is 79. The SMILES string of the molecule is CC(C)CCCCCCCCCCCCCCCCCCC(=O)O[C@H](COC(=O)CCCCCCCCCCCCCCCCCC(C)C)COP(=O)(O)OCC(O)COP(=O)(O)OC[C@@H](COC(=O)CCCCCCCCCCC(C)C)OC(=O)CCCCCCCCCCCCC(C)C. The lowest BCUT2D eigenvalue weighted by molar-refractivity contribution is -0.161. The van der Waals surface area contributed by atoms with Gasteiger partial charge in [0.05, 0.1) is 26.4 Å². The molecule has 0 radical (unpaired) electrons. The smallest absolute Gasteiger partial charge is 0.462 e. The van der Waals surface area contributed by atoms with Crippen LogP contribution in [-0.4, -0.2) is 96.7 Å². The lowest BCUT2D eigenvalue weighted by Crippen LogP contribution is -2.30. The third-order valence-corrected chi connectivity index (χ3v) is 21.0. The minimum Gasteiger partial charge on any atom is -0.462 e. The molecule has 0 aromatic carbocycles. The molecule has 0 aromatic rings. The van der Waals surface area contributed by atoms with Gasteiger partial charge in [-0.15, -0.1) is 0 Å². The van der Waals surface area contributed by atoms with Crippen molar-refractivity contribution in [2.45, 2.75) is 440 Å². The highest BCUT2D eigenvalue weighted by Gasteiger charge is 2.30. The van der Waals surface area contributed by atoms with E-state index in [0.29, 0.717) is 25.7 Å². The number of hydrogen-bond acceptors (Lipinski definition) is 15. The topological polar surface area (TPSA) is 237 Å². The third kappa shape index (κ3) is 76.1. The van der Waals surface area contributed by atoms with Crippen molar-refractivity contribution in [1.82, 2.24) is 0 Å². The maximum Gasteiger partial charge on any atom is 0.472 e. The fourth-order valence-electron chi connectivity index (χ4n) is 12.6. The van der Waals surface area contributed by atoms with E-state index in [2.05, 4.69) is 55.4 Å². The van der Waals surface area contributed by atoms with Gasteiger partial charge in [0.2, 0.25) is 0 Å². The molecular weight excluding hydrogens is 1320 g/mol. The van der Waals surface area contributed by atoms with E-state index in [1.165, 1.54) is 225 Å². The summed E-state index contributed by atoms with van der Waals surface area (Å²) in [6.45, 7) is 14.3. The molecule has 0 aliphatic carbocycles. The number of ether oxygens (including phenoxy) is 4. The summed E-state index contributed by atoms with van der Waals surface area (Å²) in [5, 5.41) is 10.6. The normalized spacial score (nSPS) is 14.0. The molecule has 19 heteroatoms. The lowest BCUT2D eigenvalue weighted by atomic mass is 10.0. The first-order valence-electron chi connectivity index (χ1n) is 42.2. The lowest BCUT2D eigenvalue weighted by Gasteiger charge is -2.21. The molecule has 17 nitrogen and oxygen atoms in total. The second-order valence-corrected chi connectivity index (χ2v) is 34.3. The standard InChI is InChI=1S/C82H160O17P2/c1-72(2)58-50-42-34-26-20-16-12-9-10-14-19-23-30-40-48-56-64-81(86)98-77(68-92-79(84)62-54-46-38-29-22-18-15-11-13-17-21-27-35-43-51-59-73(3)4)70-96-100(88,89)94-66-76(83)67-95-101(90,91)97-71-78(69-93-80(85)63-55-47-39-33-32-37-45-53-61-75(7)8)99-82(87)65-57-49-41-31-25-24-28-36-44-52-60-74(5)6/h72-78,83H,9-71H2,1-8H3,(H,88,89)(H,90,91)/t76?,77-,78-/m1/s1. The molecule has 101 heavy (non-hydrogen) atoms. The van der Waals surface area contributed by atoms with Crippen LogP contribution in [0.3, 0.4) is 0 Å². The van der Waals surface area contributed by atoms with Crippen molar-refractivity contribution in [2.24, 2.45) is 23.7 Å². The van der Waals surface area contributed by atoms with Crippen molar-refractivity contribution in [1.29, 1.82) is 0 Å². The Bertz CT molecular complexity index is 1970. The summed E-state index contributed by atoms with van der Waals surface area (Å²) in [4.78, 5) is 73.1. The Morgan fingerprint density at radius 2 is 0.416 bits per heavy atom. The predicted octanol–water partition coefficient (Wildman–Crippen LogP) is 24.4. The van der Waals surface area contributed by atoms with E-state index in [0.717, 1.165) is 114 Å². The summed E-state index contributed by atoms with van der Waals surface area (Å²) in [7, 11) is -9.92. The fourth-order valence-corrected chi connectivity index (χ4v) is 14.2. The van der Waals surface area contributed by atoms with Crippen LogP contribution in [0, 0.1) is 23.7 Å². The minimum absolute atomic E-state index is 0.105. The van der Waals surface area contributed by atoms with Gasteiger partial charge < -0.3 is 33.8 Å². The molecule has 600 valence electrons. The Balaban J connectivity index is 5.25. The molecule has 0 aliphatic heterocycles. The van der Waals surface area contributed by atoms with Gasteiger partial charge in [-0.3, -0.25) is 37.3 Å². The zero-order chi connectivity index (χ0) is 74.6. The van der Waals surface area contributed by atoms with E-state index in [1.54, 1.807) is 0 Å². The zero-order valence-electron chi connectivity index (χ0n) is 66.5. The summed E-state index contributed by atoms with van der Waals surface area (Å²) in [5.74, 6) is 0.981. The molecule has 0 spiro atoms. The van der Waals surface area contributed by atoms with Crippen LogP contribution in [0.2, 0.25) is 0 Å². The average Bonchev–Trinajstić information content (AvgIpc) is 0.924. The van der Waals surface area contributed by atoms with Gasteiger partial charge in [0.25, 0.3) is 0 Å². The fraction of sp³-hybridized carbons (Fsp3) is 0.951. The highest BCUT2D eigenvalue weighted by Crippen LogP contribution is 2.45. The Morgan fingerprint density at radius 3 is 0.614 bits per heavy atom. The Labute approximate surface area is 619 Å². The highest BCUT2D eigenvalue weighted by molar-refractivity contribution is 7.47. The van der Waals surface area contributed by atoms with Gasteiger partial charge >= 0.3 is 39.5 Å². The molecule has 3 unspecified atom stereocenters. The van der Waals surface area contributed by atoms with Gasteiger partial charge in [-0.25, -0.2) is 9.13 Å². The largest absolute Gasteiger partial charge is 0.472 e. The van der Waals surface area contributed by atoms with E-state index in [-0.39, 0.29) is 25.7 Å². The van der Waals surface area contributed by atoms with Crippen LogP contribution in [0.1, 0.15) is 421 Å². The number of phosphoric acid groups is 2. The summed E-state index contributed by atoms with van der Waals surface area (Å²) in [6.07, 6.45) is 58.3. The van der Waals surface area contributed by atoms with E-state index < -0.39 is 97.5 Å². The second kappa shape index (κ2) is 71.0. The Hall–Kier alpha value is -1.94. The quantitative estimate of drug-likeness (QED) is 0.0222. The van der Waals surface area contributed by atoms with Crippen molar-refractivity contribution in [3.8, 4) is 0 Å². The van der Waals surface area contributed by atoms with E-state index in [4.69, 9.17) is 37.0 Å². The average molecular weight is 1480 g/mol. The number of esters is 4. The Kier molecular flexibility index (Phi) is 69.6. The van der Waals surface area contributed by atoms with Crippen LogP contribution in [-0.2, 0) is 65.4 Å². The number of aliphatic hydroxyl groups is 1. The van der Waals surface area contributed by atoms with Crippen LogP contribution in [0.25, 0.3) is 0 Å². The number of carbonyl (C=O) groups is 4. The molecular formula is C82H160O17P2. The van der Waals surface area contributed by atoms with Crippen molar-refractivity contribution < 1.29 is 80.2 Å². The van der Waals surface area contributed by atoms with Crippen LogP contribution in [0.15, 0.2) is 0 Å². The van der Waals surface area contributed by atoms with Crippen molar-refractivity contribution in [3.05, 3.63) is 0 Å². The Morgan fingerprint density at radius 1 is 0.248 bits per heavy atom. The maximum atomic E-state index is 13.1. The van der Waals surface area contributed by atoms with E-state index in [1.807, 2.05) is 0 Å². The molecule has 0 saturated heterocycles. The first-order chi connectivity index (χ1) is 48.6. The highest BCUT2D eigenvalue weighted by atomic mass is 31.2. The molecule has 3 N–H and O–H groups in total. The number of hydrogen-bond donors (Lipinski definition) is 3. The first kappa shape index (κ1) is 99.1. The summed E-state index contributed by atoms with van der Waals surface area (Å²) in [5.41, 5.74) is 0. The van der Waals surface area contributed by atoms with Gasteiger partial charge in [-0.2, -0.15) is 0 Å². The van der Waals surface area contributed by atoms with Crippen LogP contribution >= 0.6 is 15.6 Å². The monoisotopic (exact) mass is 1480 g/mol. The summed E-state index contributed by atoms with van der Waals surface area (Å²) < 4.78 is 68.7. The molecule has 0 saturated carbocycles. The van der Waals surface area contributed by atoms with Gasteiger partial charge in [0.1, 0.15) is 19.3 Å². The van der Waals surface area contributed by atoms with Gasteiger partial charge in [-0.1, -0.05) is 370 Å². The maximum absolute atomic E-state index is 13.1. The minimum atomic E-state index is -4.96. The van der Waals surface area contributed by atoms with Crippen LogP contribution in [0.4, 0.5) is 0 Å². The molecule has 0 rings (SSSR count). The summed E-state index contributed by atoms with van der Waals surface area (Å²) in [6, 6.07) is 0. The van der Waals surface area contributed by atoms with Gasteiger partial charge in [0.15, 0.2) is 12.2 Å². The van der Waals surface area contributed by atoms with Gasteiger partial charge in [-0.05, 0) is 49.4 Å². The van der Waals surface area contributed by atoms with Crippen molar-refractivity contribution in [3.63, 3.8) is 0 Å². The zero-order valence-corrected chi connectivity index (χ0v) is 68.3. The predicted molar refractivity (Wildman–Crippen MR) is 414 cm³/mol. The summed E-state index contributed by atoms with van der Waals surface area (Å²) >= 11 is 0. The van der Waals surface area contributed by atoms with Crippen molar-refractivity contribution >= 4 is 39.5 Å². The molecule has 0 fully saturated rings. The van der Waals surface area contributed by atoms with E-state index >= 15 is 0 Å². The number of aliphatic hydroxyl groups excluding tert-OH is 1. The van der Waals surface area contributed by atoms with E-state index in [9.17, 15) is 43.2 Å². The molecule has 0 heterocycles.